The van der Waals surface area contributed by atoms with Crippen LogP contribution in [-0.4, -0.2) is 10.7 Å². The molecular weight excluding hydrogens is 322 g/mol. The van der Waals surface area contributed by atoms with Crippen molar-refractivity contribution in [3.05, 3.63) is 108 Å². The van der Waals surface area contributed by atoms with Crippen molar-refractivity contribution in [2.24, 2.45) is 0 Å². The molecule has 4 aromatic rings. The Kier molecular flexibility index (Phi) is 4.52. The Morgan fingerprint density at radius 3 is 2.19 bits per heavy atom. The van der Waals surface area contributed by atoms with Gasteiger partial charge in [0.1, 0.15) is 6.61 Å². The molecule has 0 aliphatic rings. The van der Waals surface area contributed by atoms with Gasteiger partial charge in [0.05, 0.1) is 5.52 Å². The topological polar surface area (TPSA) is 31.2 Å². The predicted molar refractivity (Wildman–Crippen MR) is 103 cm³/mol. The number of hydrogen-bond donors (Lipinski definition) is 0. The van der Waals surface area contributed by atoms with Gasteiger partial charge in [-0.3, -0.25) is 4.57 Å². The molecular formula is C23H19NO2. The molecule has 3 nitrogen and oxygen atoms in total. The van der Waals surface area contributed by atoms with Crippen LogP contribution in [-0.2, 0) is 17.8 Å². The number of carbonyl (C=O) groups excluding carboxylic acids is 1. The molecule has 128 valence electrons. The van der Waals surface area contributed by atoms with Crippen LogP contribution in [0.5, 0.6) is 0 Å². The molecule has 0 saturated heterocycles. The van der Waals surface area contributed by atoms with E-state index in [2.05, 4.69) is 24.3 Å². The lowest BCUT2D eigenvalue weighted by molar-refractivity contribution is 0.142. The van der Waals surface area contributed by atoms with E-state index in [1.807, 2.05) is 60.7 Å². The Morgan fingerprint density at radius 2 is 1.46 bits per heavy atom. The van der Waals surface area contributed by atoms with Crippen LogP contribution in [0.3, 0.4) is 0 Å². The number of ether oxygens (including phenoxy) is 1. The number of fused-ring (bicyclic) bond motifs is 1. The lowest BCUT2D eigenvalue weighted by atomic mass is 10.0. The zero-order valence-corrected chi connectivity index (χ0v) is 14.3. The van der Waals surface area contributed by atoms with E-state index in [0.717, 1.165) is 22.9 Å². The van der Waals surface area contributed by atoms with Gasteiger partial charge in [-0.15, -0.1) is 0 Å². The molecule has 0 aliphatic carbocycles. The van der Waals surface area contributed by atoms with Gasteiger partial charge in [-0.2, -0.15) is 0 Å². The summed E-state index contributed by atoms with van der Waals surface area (Å²) in [5.74, 6) is 0. The van der Waals surface area contributed by atoms with Crippen molar-refractivity contribution in [1.82, 2.24) is 4.57 Å². The number of rotatable bonds is 4. The first kappa shape index (κ1) is 16.2. The number of hydrogen-bond acceptors (Lipinski definition) is 2. The molecule has 26 heavy (non-hydrogen) atoms. The second kappa shape index (κ2) is 7.28. The maximum Gasteiger partial charge on any atom is 0.418 e. The predicted octanol–water partition coefficient (Wildman–Crippen LogP) is 5.42. The third kappa shape index (κ3) is 3.52. The van der Waals surface area contributed by atoms with E-state index in [4.69, 9.17) is 4.74 Å². The van der Waals surface area contributed by atoms with Crippen molar-refractivity contribution in [2.45, 2.75) is 13.0 Å². The smallest absolute Gasteiger partial charge is 0.418 e. The SMILES string of the molecule is O=C(OCc1ccccc1)n1ccc2cc(Cc3ccccc3)ccc21. The second-order valence-electron chi connectivity index (χ2n) is 6.28. The standard InChI is InChI=1S/C23H19NO2/c25-23(26-17-19-9-5-2-6-10-19)24-14-13-21-16-20(11-12-22(21)24)15-18-7-3-1-4-8-18/h1-14,16H,15,17H2. The van der Waals surface area contributed by atoms with Gasteiger partial charge in [0.25, 0.3) is 0 Å². The summed E-state index contributed by atoms with van der Waals surface area (Å²) in [5, 5.41) is 1.04. The van der Waals surface area contributed by atoms with E-state index in [1.165, 1.54) is 11.1 Å². The lowest BCUT2D eigenvalue weighted by Gasteiger charge is -2.07. The van der Waals surface area contributed by atoms with E-state index in [1.54, 1.807) is 10.8 Å². The van der Waals surface area contributed by atoms with Gasteiger partial charge in [0, 0.05) is 11.6 Å². The number of aromatic nitrogens is 1. The van der Waals surface area contributed by atoms with Crippen LogP contribution in [0.2, 0.25) is 0 Å². The highest BCUT2D eigenvalue weighted by atomic mass is 16.5. The highest BCUT2D eigenvalue weighted by Crippen LogP contribution is 2.20. The van der Waals surface area contributed by atoms with Gasteiger partial charge >= 0.3 is 6.09 Å². The van der Waals surface area contributed by atoms with Gasteiger partial charge in [-0.05, 0) is 41.3 Å². The molecule has 1 aromatic heterocycles. The minimum Gasteiger partial charge on any atom is -0.444 e. The van der Waals surface area contributed by atoms with Crippen LogP contribution in [0.25, 0.3) is 10.9 Å². The molecule has 0 aliphatic heterocycles. The fourth-order valence-corrected chi connectivity index (χ4v) is 3.08. The van der Waals surface area contributed by atoms with Crippen molar-refractivity contribution in [3.63, 3.8) is 0 Å². The molecule has 0 atom stereocenters. The fraction of sp³-hybridized carbons (Fsp3) is 0.0870. The molecule has 0 saturated carbocycles. The summed E-state index contributed by atoms with van der Waals surface area (Å²) >= 11 is 0. The summed E-state index contributed by atoms with van der Waals surface area (Å²) in [6, 6.07) is 28.2. The highest BCUT2D eigenvalue weighted by Gasteiger charge is 2.11. The van der Waals surface area contributed by atoms with Gasteiger partial charge in [0.2, 0.25) is 0 Å². The molecule has 4 rings (SSSR count). The third-order valence-electron chi connectivity index (χ3n) is 4.41. The maximum atomic E-state index is 12.4. The highest BCUT2D eigenvalue weighted by molar-refractivity contribution is 5.89. The number of carbonyl (C=O) groups is 1. The normalized spacial score (nSPS) is 10.8. The largest absolute Gasteiger partial charge is 0.444 e. The van der Waals surface area contributed by atoms with Crippen molar-refractivity contribution >= 4 is 17.0 Å². The Labute approximate surface area is 152 Å². The molecule has 0 unspecified atom stereocenters. The van der Waals surface area contributed by atoms with Crippen LogP contribution in [0.4, 0.5) is 4.79 Å². The Balaban J connectivity index is 1.51. The van der Waals surface area contributed by atoms with Crippen LogP contribution >= 0.6 is 0 Å². The van der Waals surface area contributed by atoms with Crippen LogP contribution in [0, 0.1) is 0 Å². The van der Waals surface area contributed by atoms with E-state index >= 15 is 0 Å². The number of benzene rings is 3. The zero-order valence-electron chi connectivity index (χ0n) is 14.3. The molecule has 0 fully saturated rings. The Morgan fingerprint density at radius 1 is 0.769 bits per heavy atom. The molecule has 0 bridgehead atoms. The summed E-state index contributed by atoms with van der Waals surface area (Å²) in [7, 11) is 0. The van der Waals surface area contributed by atoms with Crippen molar-refractivity contribution in [2.75, 3.05) is 0 Å². The van der Waals surface area contributed by atoms with Gasteiger partial charge in [0.15, 0.2) is 0 Å². The number of nitrogens with zero attached hydrogens (tertiary/aromatic N) is 1. The summed E-state index contributed by atoms with van der Waals surface area (Å²) in [5.41, 5.74) is 4.33. The minimum absolute atomic E-state index is 0.269. The zero-order chi connectivity index (χ0) is 17.8. The Bertz CT molecular complexity index is 1020. The van der Waals surface area contributed by atoms with Gasteiger partial charge < -0.3 is 4.74 Å². The first-order valence-corrected chi connectivity index (χ1v) is 8.64. The fourth-order valence-electron chi connectivity index (χ4n) is 3.08. The maximum absolute atomic E-state index is 12.4. The van der Waals surface area contributed by atoms with Crippen molar-refractivity contribution in [3.8, 4) is 0 Å². The summed E-state index contributed by atoms with van der Waals surface area (Å²) in [6.07, 6.45) is 2.28. The van der Waals surface area contributed by atoms with E-state index in [9.17, 15) is 4.79 Å². The van der Waals surface area contributed by atoms with Crippen molar-refractivity contribution in [1.29, 1.82) is 0 Å². The first-order chi connectivity index (χ1) is 12.8. The lowest BCUT2D eigenvalue weighted by Crippen LogP contribution is -2.12. The molecule has 0 radical (unpaired) electrons. The molecule has 3 heteroatoms. The average molecular weight is 341 g/mol. The summed E-state index contributed by atoms with van der Waals surface area (Å²) in [4.78, 5) is 12.4. The van der Waals surface area contributed by atoms with Crippen LogP contribution in [0.1, 0.15) is 16.7 Å². The molecule has 0 amide bonds. The van der Waals surface area contributed by atoms with Crippen molar-refractivity contribution < 1.29 is 9.53 Å². The quantitative estimate of drug-likeness (QED) is 0.496. The molecule has 0 spiro atoms. The average Bonchev–Trinajstić information content (AvgIpc) is 3.11. The third-order valence-corrected chi connectivity index (χ3v) is 4.41. The Hall–Kier alpha value is -3.33. The summed E-state index contributed by atoms with van der Waals surface area (Å²) in [6.45, 7) is 0.269. The summed E-state index contributed by atoms with van der Waals surface area (Å²) < 4.78 is 6.99. The van der Waals surface area contributed by atoms with Gasteiger partial charge in [-0.25, -0.2) is 4.79 Å². The molecule has 3 aromatic carbocycles. The van der Waals surface area contributed by atoms with E-state index < -0.39 is 0 Å². The first-order valence-electron chi connectivity index (χ1n) is 8.64. The van der Waals surface area contributed by atoms with E-state index in [0.29, 0.717) is 0 Å². The monoisotopic (exact) mass is 341 g/mol. The molecule has 1 heterocycles. The minimum atomic E-state index is -0.361. The second-order valence-corrected chi connectivity index (χ2v) is 6.28. The van der Waals surface area contributed by atoms with E-state index in [-0.39, 0.29) is 12.7 Å². The molecule has 0 N–H and O–H groups in total. The van der Waals surface area contributed by atoms with Crippen LogP contribution < -0.4 is 0 Å². The van der Waals surface area contributed by atoms with Crippen LogP contribution in [0.15, 0.2) is 91.1 Å². The van der Waals surface area contributed by atoms with Gasteiger partial charge in [-0.1, -0.05) is 66.7 Å².